The Hall–Kier alpha value is -0.0800. The van der Waals surface area contributed by atoms with Crippen molar-refractivity contribution in [3.8, 4) is 0 Å². The van der Waals surface area contributed by atoms with Crippen LogP contribution in [0.3, 0.4) is 0 Å². The predicted octanol–water partition coefficient (Wildman–Crippen LogP) is 1.92. The van der Waals surface area contributed by atoms with Gasteiger partial charge in [-0.2, -0.15) is 0 Å². The van der Waals surface area contributed by atoms with Crippen LogP contribution in [-0.4, -0.2) is 23.3 Å². The maximum absolute atomic E-state index is 9.14. The second-order valence-electron chi connectivity index (χ2n) is 3.67. The lowest BCUT2D eigenvalue weighted by atomic mass is 10.1. The molecular weight excluding hydrogens is 150 g/mol. The van der Waals surface area contributed by atoms with Gasteiger partial charge in [0, 0.05) is 12.1 Å². The van der Waals surface area contributed by atoms with Gasteiger partial charge < -0.3 is 10.4 Å². The lowest BCUT2D eigenvalue weighted by Crippen LogP contribution is -2.37. The number of aliphatic hydroxyl groups excluding tert-OH is 1. The first kappa shape index (κ1) is 11.9. The van der Waals surface area contributed by atoms with Crippen LogP contribution in [0.5, 0.6) is 0 Å². The molecule has 0 rings (SSSR count). The number of aliphatic hydroxyl groups is 1. The monoisotopic (exact) mass is 173 g/mol. The molecule has 0 saturated carbocycles. The van der Waals surface area contributed by atoms with Crippen molar-refractivity contribution in [2.45, 2.75) is 65.1 Å². The molecule has 0 spiro atoms. The smallest absolute Gasteiger partial charge is 0.0526 e. The number of nitrogens with one attached hydrogen (secondary N) is 1. The molecule has 0 aliphatic rings. The molecule has 0 aromatic heterocycles. The van der Waals surface area contributed by atoms with Crippen LogP contribution < -0.4 is 5.32 Å². The van der Waals surface area contributed by atoms with Gasteiger partial charge in [-0.15, -0.1) is 0 Å². The minimum Gasteiger partial charge on any atom is -0.393 e. The van der Waals surface area contributed by atoms with Gasteiger partial charge in [0.2, 0.25) is 0 Å². The molecule has 0 aromatic rings. The Kier molecular flexibility index (Phi) is 6.39. The third-order valence-corrected chi connectivity index (χ3v) is 2.20. The fourth-order valence-electron chi connectivity index (χ4n) is 1.51. The lowest BCUT2D eigenvalue weighted by Gasteiger charge is -2.21. The Labute approximate surface area is 76.4 Å². The molecule has 0 aliphatic carbocycles. The van der Waals surface area contributed by atoms with Crippen LogP contribution in [0.1, 0.15) is 47.0 Å². The van der Waals surface area contributed by atoms with E-state index in [9.17, 15) is 0 Å². The summed E-state index contributed by atoms with van der Waals surface area (Å²) in [6, 6.07) is 1.04. The summed E-state index contributed by atoms with van der Waals surface area (Å²) in [5, 5.41) is 12.6. The van der Waals surface area contributed by atoms with Crippen molar-refractivity contribution in [2.75, 3.05) is 0 Å². The van der Waals surface area contributed by atoms with E-state index in [1.807, 2.05) is 6.92 Å². The van der Waals surface area contributed by atoms with Gasteiger partial charge in [0.25, 0.3) is 0 Å². The van der Waals surface area contributed by atoms with Crippen LogP contribution in [0.15, 0.2) is 0 Å². The van der Waals surface area contributed by atoms with Crippen molar-refractivity contribution in [3.63, 3.8) is 0 Å². The van der Waals surface area contributed by atoms with Gasteiger partial charge in [-0.05, 0) is 33.1 Å². The predicted molar refractivity (Wildman–Crippen MR) is 53.3 cm³/mol. The molecule has 0 bridgehead atoms. The van der Waals surface area contributed by atoms with E-state index in [1.165, 1.54) is 12.8 Å². The average Bonchev–Trinajstić information content (AvgIpc) is 1.98. The topological polar surface area (TPSA) is 32.3 Å². The highest BCUT2D eigenvalue weighted by Gasteiger charge is 2.09. The molecule has 2 unspecified atom stereocenters. The van der Waals surface area contributed by atoms with Gasteiger partial charge in [0.05, 0.1) is 6.10 Å². The maximum Gasteiger partial charge on any atom is 0.0526 e. The molecule has 0 aliphatic heterocycles. The van der Waals surface area contributed by atoms with Gasteiger partial charge in [-0.3, -0.25) is 0 Å². The molecule has 0 aromatic carbocycles. The van der Waals surface area contributed by atoms with Crippen LogP contribution in [0.4, 0.5) is 0 Å². The van der Waals surface area contributed by atoms with E-state index in [0.717, 1.165) is 6.42 Å². The highest BCUT2D eigenvalue weighted by Crippen LogP contribution is 2.02. The van der Waals surface area contributed by atoms with Gasteiger partial charge >= 0.3 is 0 Å². The summed E-state index contributed by atoms with van der Waals surface area (Å²) in [4.78, 5) is 0. The first-order valence-electron chi connectivity index (χ1n) is 5.04. The zero-order valence-corrected chi connectivity index (χ0v) is 8.80. The normalized spacial score (nSPS) is 16.5. The molecule has 0 amide bonds. The van der Waals surface area contributed by atoms with Crippen LogP contribution >= 0.6 is 0 Å². The largest absolute Gasteiger partial charge is 0.393 e. The van der Waals surface area contributed by atoms with Crippen LogP contribution in [-0.2, 0) is 0 Å². The summed E-state index contributed by atoms with van der Waals surface area (Å²) in [5.41, 5.74) is 0. The molecule has 0 heterocycles. The first-order valence-corrected chi connectivity index (χ1v) is 5.04. The highest BCUT2D eigenvalue weighted by molar-refractivity contribution is 4.70. The Morgan fingerprint density at radius 1 is 1.17 bits per heavy atom. The van der Waals surface area contributed by atoms with Crippen molar-refractivity contribution >= 4 is 0 Å². The SMILES string of the molecule is CCC(CC)NC(C)CC(C)O. The Balaban J connectivity index is 3.58. The summed E-state index contributed by atoms with van der Waals surface area (Å²) < 4.78 is 0. The van der Waals surface area contributed by atoms with Crippen molar-refractivity contribution in [1.29, 1.82) is 0 Å². The minimum absolute atomic E-state index is 0.193. The first-order chi connectivity index (χ1) is 5.60. The van der Waals surface area contributed by atoms with E-state index < -0.39 is 0 Å². The van der Waals surface area contributed by atoms with Crippen LogP contribution in [0.25, 0.3) is 0 Å². The standard InChI is InChI=1S/C10H23NO/c1-5-10(6-2)11-8(3)7-9(4)12/h8-12H,5-7H2,1-4H3. The second-order valence-corrected chi connectivity index (χ2v) is 3.67. The van der Waals surface area contributed by atoms with Crippen molar-refractivity contribution in [1.82, 2.24) is 5.32 Å². The highest BCUT2D eigenvalue weighted by atomic mass is 16.3. The Bertz CT molecular complexity index is 100. The maximum atomic E-state index is 9.14. The summed E-state index contributed by atoms with van der Waals surface area (Å²) in [6.07, 6.45) is 2.99. The van der Waals surface area contributed by atoms with E-state index in [1.54, 1.807) is 0 Å². The molecule has 2 N–H and O–H groups in total. The van der Waals surface area contributed by atoms with Gasteiger partial charge in [0.1, 0.15) is 0 Å². The molecular formula is C10H23NO. The molecule has 74 valence electrons. The number of rotatable bonds is 6. The van der Waals surface area contributed by atoms with Crippen molar-refractivity contribution < 1.29 is 5.11 Å². The third-order valence-electron chi connectivity index (χ3n) is 2.20. The number of hydrogen-bond acceptors (Lipinski definition) is 2. The summed E-state index contributed by atoms with van der Waals surface area (Å²) in [6.45, 7) is 8.35. The van der Waals surface area contributed by atoms with Gasteiger partial charge in [-0.1, -0.05) is 13.8 Å². The van der Waals surface area contributed by atoms with Crippen LogP contribution in [0.2, 0.25) is 0 Å². The third kappa shape index (κ3) is 5.56. The summed E-state index contributed by atoms with van der Waals surface area (Å²) in [7, 11) is 0. The average molecular weight is 173 g/mol. The molecule has 2 heteroatoms. The second kappa shape index (κ2) is 6.44. The quantitative estimate of drug-likeness (QED) is 0.643. The lowest BCUT2D eigenvalue weighted by molar-refractivity contribution is 0.167. The van der Waals surface area contributed by atoms with E-state index in [4.69, 9.17) is 5.11 Å². The Morgan fingerprint density at radius 2 is 1.67 bits per heavy atom. The summed E-state index contributed by atoms with van der Waals surface area (Å²) in [5.74, 6) is 0. The van der Waals surface area contributed by atoms with Crippen LogP contribution in [0, 0.1) is 0 Å². The number of hydrogen-bond donors (Lipinski definition) is 2. The van der Waals surface area contributed by atoms with E-state index in [0.29, 0.717) is 12.1 Å². The zero-order valence-electron chi connectivity index (χ0n) is 8.80. The van der Waals surface area contributed by atoms with Gasteiger partial charge in [-0.25, -0.2) is 0 Å². The van der Waals surface area contributed by atoms with Crippen molar-refractivity contribution in [2.24, 2.45) is 0 Å². The molecule has 12 heavy (non-hydrogen) atoms. The molecule has 0 radical (unpaired) electrons. The molecule has 2 nitrogen and oxygen atoms in total. The molecule has 0 saturated heterocycles. The fourth-order valence-corrected chi connectivity index (χ4v) is 1.51. The van der Waals surface area contributed by atoms with E-state index in [-0.39, 0.29) is 6.10 Å². The Morgan fingerprint density at radius 3 is 2.00 bits per heavy atom. The van der Waals surface area contributed by atoms with Crippen molar-refractivity contribution in [3.05, 3.63) is 0 Å². The molecule has 0 fully saturated rings. The van der Waals surface area contributed by atoms with E-state index >= 15 is 0 Å². The summed E-state index contributed by atoms with van der Waals surface area (Å²) >= 11 is 0. The zero-order chi connectivity index (χ0) is 9.56. The molecule has 2 atom stereocenters. The minimum atomic E-state index is -0.193. The van der Waals surface area contributed by atoms with Gasteiger partial charge in [0.15, 0.2) is 0 Å². The fraction of sp³-hybridized carbons (Fsp3) is 1.00. The van der Waals surface area contributed by atoms with E-state index in [2.05, 4.69) is 26.1 Å².